The lowest BCUT2D eigenvalue weighted by Gasteiger charge is -2.08. The Morgan fingerprint density at radius 1 is 1.29 bits per heavy atom. The van der Waals surface area contributed by atoms with Crippen LogP contribution in [0.3, 0.4) is 0 Å². The van der Waals surface area contributed by atoms with E-state index in [0.717, 1.165) is 0 Å². The molecule has 0 aliphatic heterocycles. The normalized spacial score (nSPS) is 11.4. The van der Waals surface area contributed by atoms with Crippen LogP contribution in [-0.4, -0.2) is 33.9 Å². The first-order chi connectivity index (χ1) is 9.94. The van der Waals surface area contributed by atoms with Gasteiger partial charge in [-0.25, -0.2) is 5.10 Å². The molecule has 0 atom stereocenters. The van der Waals surface area contributed by atoms with Gasteiger partial charge in [-0.05, 0) is 17.7 Å². The number of nitrogens with zero attached hydrogens (tertiary/aromatic N) is 2. The molecule has 1 amide bonds. The molecule has 1 aromatic heterocycles. The van der Waals surface area contributed by atoms with Crippen molar-refractivity contribution in [2.75, 3.05) is 11.9 Å². The van der Waals surface area contributed by atoms with Crippen molar-refractivity contribution >= 4 is 11.9 Å². The largest absolute Gasteiger partial charge is 0.411 e. The summed E-state index contributed by atoms with van der Waals surface area (Å²) in [5.41, 5.74) is 0.876. The summed E-state index contributed by atoms with van der Waals surface area (Å²) in [4.78, 5) is 15.5. The van der Waals surface area contributed by atoms with E-state index in [1.165, 1.54) is 30.6 Å². The first-order valence-corrected chi connectivity index (χ1v) is 5.84. The first kappa shape index (κ1) is 15.0. The molecule has 0 fully saturated rings. The summed E-state index contributed by atoms with van der Waals surface area (Å²) in [6.07, 6.45) is -3.10. The Bertz CT molecular complexity index is 582. The predicted octanol–water partition coefficient (Wildman–Crippen LogP) is 2.14. The Balaban J connectivity index is 1.88. The number of aromatic amines is 1. The molecule has 2 N–H and O–H groups in total. The summed E-state index contributed by atoms with van der Waals surface area (Å²) in [7, 11) is 0. The van der Waals surface area contributed by atoms with E-state index in [0.29, 0.717) is 11.1 Å². The molecule has 6 nitrogen and oxygen atoms in total. The van der Waals surface area contributed by atoms with Crippen molar-refractivity contribution in [1.29, 1.82) is 0 Å². The molecule has 0 unspecified atom stereocenters. The summed E-state index contributed by atoms with van der Waals surface area (Å²) in [6.45, 7) is -1.48. The predicted molar refractivity (Wildman–Crippen MR) is 66.5 cm³/mol. The average molecular weight is 300 g/mol. The summed E-state index contributed by atoms with van der Waals surface area (Å²) >= 11 is 0. The Morgan fingerprint density at radius 2 is 2.00 bits per heavy atom. The average Bonchev–Trinajstić information content (AvgIpc) is 2.91. The van der Waals surface area contributed by atoms with Gasteiger partial charge >= 0.3 is 6.18 Å². The number of rotatable bonds is 5. The van der Waals surface area contributed by atoms with Crippen molar-refractivity contribution in [2.24, 2.45) is 0 Å². The number of halogens is 3. The summed E-state index contributed by atoms with van der Waals surface area (Å²) in [6, 6.07) is 6.01. The maximum Gasteiger partial charge on any atom is 0.411 e. The van der Waals surface area contributed by atoms with Crippen LogP contribution in [0.25, 0.3) is 0 Å². The van der Waals surface area contributed by atoms with Gasteiger partial charge in [0.05, 0.1) is 6.61 Å². The molecule has 0 spiro atoms. The summed E-state index contributed by atoms with van der Waals surface area (Å²) in [5, 5.41) is 8.52. The zero-order valence-electron chi connectivity index (χ0n) is 10.6. The smallest absolute Gasteiger partial charge is 0.367 e. The highest BCUT2D eigenvalue weighted by atomic mass is 19.4. The van der Waals surface area contributed by atoms with E-state index in [4.69, 9.17) is 0 Å². The fourth-order valence-corrected chi connectivity index (χ4v) is 1.48. The molecule has 1 heterocycles. The quantitative estimate of drug-likeness (QED) is 0.886. The van der Waals surface area contributed by atoms with Crippen LogP contribution in [0.15, 0.2) is 30.6 Å². The molecule has 2 aromatic rings. The van der Waals surface area contributed by atoms with Crippen LogP contribution in [0.5, 0.6) is 0 Å². The first-order valence-electron chi connectivity index (χ1n) is 5.84. The highest BCUT2D eigenvalue weighted by Gasteiger charge is 2.27. The highest BCUT2D eigenvalue weighted by molar-refractivity contribution is 6.03. The fraction of sp³-hybridized carbons (Fsp3) is 0.250. The number of anilines is 1. The highest BCUT2D eigenvalue weighted by Crippen LogP contribution is 2.16. The van der Waals surface area contributed by atoms with E-state index in [9.17, 15) is 18.0 Å². The topological polar surface area (TPSA) is 79.9 Å². The Kier molecular flexibility index (Phi) is 4.53. The van der Waals surface area contributed by atoms with Crippen molar-refractivity contribution in [3.63, 3.8) is 0 Å². The number of hydrogen-bond acceptors (Lipinski definition) is 4. The minimum atomic E-state index is -4.35. The molecule has 112 valence electrons. The zero-order valence-corrected chi connectivity index (χ0v) is 10.6. The van der Waals surface area contributed by atoms with Gasteiger partial charge in [0, 0.05) is 5.56 Å². The number of hydrogen-bond donors (Lipinski definition) is 2. The van der Waals surface area contributed by atoms with Crippen LogP contribution >= 0.6 is 0 Å². The molecule has 0 aliphatic carbocycles. The molecule has 9 heteroatoms. The van der Waals surface area contributed by atoms with Crippen LogP contribution in [0.2, 0.25) is 0 Å². The monoisotopic (exact) mass is 300 g/mol. The lowest BCUT2D eigenvalue weighted by molar-refractivity contribution is -0.176. The zero-order chi connectivity index (χ0) is 15.3. The van der Waals surface area contributed by atoms with Gasteiger partial charge in [-0.2, -0.15) is 23.3 Å². The lowest BCUT2D eigenvalue weighted by Crippen LogP contribution is -2.16. The number of carbonyl (C=O) groups is 1. The molecule has 0 aliphatic rings. The molecule has 1 aromatic carbocycles. The number of carbonyl (C=O) groups excluding carboxylic acids is 1. The molecule has 0 saturated carbocycles. The fourth-order valence-electron chi connectivity index (χ4n) is 1.48. The third-order valence-electron chi connectivity index (χ3n) is 2.40. The Labute approximate surface area is 117 Å². The maximum atomic E-state index is 11.9. The third-order valence-corrected chi connectivity index (χ3v) is 2.40. The van der Waals surface area contributed by atoms with E-state index < -0.39 is 18.7 Å². The molecule has 2 rings (SSSR count). The van der Waals surface area contributed by atoms with E-state index in [1.54, 1.807) is 0 Å². The molecule has 0 radical (unpaired) electrons. The van der Waals surface area contributed by atoms with Gasteiger partial charge in [0.2, 0.25) is 5.95 Å². The van der Waals surface area contributed by atoms with E-state index >= 15 is 0 Å². The van der Waals surface area contributed by atoms with Gasteiger partial charge in [-0.3, -0.25) is 10.1 Å². The molecule has 0 bridgehead atoms. The molecule has 0 saturated heterocycles. The summed E-state index contributed by atoms with van der Waals surface area (Å²) < 4.78 is 40.3. The molecular formula is C12H11F3N4O2. The van der Waals surface area contributed by atoms with Crippen molar-refractivity contribution in [2.45, 2.75) is 12.8 Å². The van der Waals surface area contributed by atoms with Crippen molar-refractivity contribution < 1.29 is 22.7 Å². The standard InChI is InChI=1S/C12H11F3N4O2/c13-12(14,15)6-21-5-8-1-3-9(4-2-8)10(20)18-11-16-7-17-19-11/h1-4,7H,5-6H2,(H2,16,17,18,19,20). The number of aromatic nitrogens is 3. The number of alkyl halides is 3. The van der Waals surface area contributed by atoms with Crippen molar-refractivity contribution in [3.05, 3.63) is 41.7 Å². The number of ether oxygens (including phenoxy) is 1. The third kappa shape index (κ3) is 4.88. The number of amides is 1. The second-order valence-corrected chi connectivity index (χ2v) is 4.09. The second-order valence-electron chi connectivity index (χ2n) is 4.09. The molecular weight excluding hydrogens is 289 g/mol. The number of benzene rings is 1. The minimum absolute atomic E-state index is 0.177. The molecule has 21 heavy (non-hydrogen) atoms. The summed E-state index contributed by atoms with van der Waals surface area (Å²) in [5.74, 6) is -0.202. The van der Waals surface area contributed by atoms with Gasteiger partial charge in [-0.15, -0.1) is 0 Å². The van der Waals surface area contributed by atoms with Crippen LogP contribution in [-0.2, 0) is 11.3 Å². The maximum absolute atomic E-state index is 11.9. The van der Waals surface area contributed by atoms with Crippen molar-refractivity contribution in [3.8, 4) is 0 Å². The van der Waals surface area contributed by atoms with Gasteiger partial charge in [0.25, 0.3) is 5.91 Å². The van der Waals surface area contributed by atoms with Gasteiger partial charge < -0.3 is 4.74 Å². The van der Waals surface area contributed by atoms with Crippen LogP contribution in [0.4, 0.5) is 19.1 Å². The van der Waals surface area contributed by atoms with E-state index in [2.05, 4.69) is 25.2 Å². The minimum Gasteiger partial charge on any atom is -0.367 e. The SMILES string of the molecule is O=C(Nc1ncn[nH]1)c1ccc(COCC(F)(F)F)cc1. The van der Waals surface area contributed by atoms with E-state index in [-0.39, 0.29) is 12.6 Å². The number of H-pyrrole nitrogens is 1. The van der Waals surface area contributed by atoms with Crippen LogP contribution in [0.1, 0.15) is 15.9 Å². The Morgan fingerprint density at radius 3 is 2.57 bits per heavy atom. The van der Waals surface area contributed by atoms with Crippen molar-refractivity contribution in [1.82, 2.24) is 15.2 Å². The van der Waals surface area contributed by atoms with Gasteiger partial charge in [0.15, 0.2) is 0 Å². The van der Waals surface area contributed by atoms with Gasteiger partial charge in [0.1, 0.15) is 12.9 Å². The van der Waals surface area contributed by atoms with E-state index in [1.807, 2.05) is 0 Å². The van der Waals surface area contributed by atoms with Crippen LogP contribution < -0.4 is 5.32 Å². The Hall–Kier alpha value is -2.42. The van der Waals surface area contributed by atoms with Crippen LogP contribution in [0, 0.1) is 0 Å². The van der Waals surface area contributed by atoms with Gasteiger partial charge in [-0.1, -0.05) is 12.1 Å². The second kappa shape index (κ2) is 6.35. The number of nitrogens with one attached hydrogen (secondary N) is 2. The lowest BCUT2D eigenvalue weighted by atomic mass is 10.1.